The van der Waals surface area contributed by atoms with Gasteiger partial charge in [0.2, 0.25) is 29.5 Å². The lowest BCUT2D eigenvalue weighted by molar-refractivity contribution is -0.144. The van der Waals surface area contributed by atoms with Gasteiger partial charge in [-0.1, -0.05) is 0 Å². The number of nitrogens with two attached hydrogens (primary N) is 3. The van der Waals surface area contributed by atoms with Gasteiger partial charge in [0.25, 0.3) is 0 Å². The highest BCUT2D eigenvalue weighted by Gasteiger charge is 2.32. The topological polar surface area (TPSA) is 274 Å². The SMILES string of the molecule is CSCCC(N)C(=O)NC(CCC(N)=O)C(=O)NC(CC(=O)O)C(=O)NC(CC(N)=O)C(=O)O. The summed E-state index contributed by atoms with van der Waals surface area (Å²) in [5.74, 6) is -7.37. The van der Waals surface area contributed by atoms with E-state index in [0.717, 1.165) is 0 Å². The Morgan fingerprint density at radius 2 is 1.29 bits per heavy atom. The first kappa shape index (κ1) is 30.6. The van der Waals surface area contributed by atoms with E-state index < -0.39 is 78.5 Å². The monoisotopic (exact) mass is 506 g/mol. The van der Waals surface area contributed by atoms with Crippen LogP contribution in [0.5, 0.6) is 0 Å². The molecule has 0 aromatic heterocycles. The molecule has 0 fully saturated rings. The third-order valence-electron chi connectivity index (χ3n) is 4.31. The zero-order chi connectivity index (χ0) is 26.4. The highest BCUT2D eigenvalue weighted by Crippen LogP contribution is 2.04. The summed E-state index contributed by atoms with van der Waals surface area (Å²) in [7, 11) is 0. The van der Waals surface area contributed by atoms with E-state index in [4.69, 9.17) is 27.4 Å². The van der Waals surface area contributed by atoms with Crippen LogP contribution in [0.1, 0.15) is 32.1 Å². The summed E-state index contributed by atoms with van der Waals surface area (Å²) in [4.78, 5) is 82.1. The molecule has 0 heterocycles. The van der Waals surface area contributed by atoms with Gasteiger partial charge < -0.3 is 43.4 Å². The summed E-state index contributed by atoms with van der Waals surface area (Å²) in [5, 5.41) is 24.6. The number of hydrogen-bond acceptors (Lipinski definition) is 9. The molecule has 16 heteroatoms. The number of hydrogen-bond donors (Lipinski definition) is 8. The second-order valence-electron chi connectivity index (χ2n) is 7.18. The van der Waals surface area contributed by atoms with Crippen LogP contribution in [0.25, 0.3) is 0 Å². The van der Waals surface area contributed by atoms with Crippen molar-refractivity contribution >= 4 is 53.2 Å². The second kappa shape index (κ2) is 15.4. The van der Waals surface area contributed by atoms with Gasteiger partial charge >= 0.3 is 11.9 Å². The van der Waals surface area contributed by atoms with E-state index in [0.29, 0.717) is 5.75 Å². The molecule has 0 aliphatic rings. The summed E-state index contributed by atoms with van der Waals surface area (Å²) in [6, 6.07) is -5.92. The van der Waals surface area contributed by atoms with Gasteiger partial charge in [0.05, 0.1) is 18.9 Å². The Morgan fingerprint density at radius 1 is 0.765 bits per heavy atom. The molecule has 4 atom stereocenters. The number of thioether (sulfide) groups is 1. The molecular weight excluding hydrogens is 476 g/mol. The molecule has 192 valence electrons. The van der Waals surface area contributed by atoms with Crippen molar-refractivity contribution in [2.75, 3.05) is 12.0 Å². The molecule has 0 saturated heterocycles. The van der Waals surface area contributed by atoms with Gasteiger partial charge in [-0.2, -0.15) is 11.8 Å². The van der Waals surface area contributed by atoms with E-state index in [1.807, 2.05) is 5.32 Å². The third-order valence-corrected chi connectivity index (χ3v) is 4.96. The molecule has 5 amide bonds. The maximum Gasteiger partial charge on any atom is 0.326 e. The molecule has 0 aliphatic heterocycles. The maximum absolute atomic E-state index is 12.7. The molecule has 4 unspecified atom stereocenters. The number of aliphatic carboxylic acids is 2. The van der Waals surface area contributed by atoms with Gasteiger partial charge in [0.15, 0.2) is 0 Å². The number of amides is 5. The minimum Gasteiger partial charge on any atom is -0.481 e. The van der Waals surface area contributed by atoms with Crippen molar-refractivity contribution in [1.29, 1.82) is 0 Å². The minimum absolute atomic E-state index is 0.275. The van der Waals surface area contributed by atoms with Crippen molar-refractivity contribution in [2.45, 2.75) is 56.3 Å². The molecule has 0 aromatic carbocycles. The summed E-state index contributed by atoms with van der Waals surface area (Å²) >= 11 is 1.44. The fourth-order valence-electron chi connectivity index (χ4n) is 2.54. The van der Waals surface area contributed by atoms with Crippen LogP contribution in [0.15, 0.2) is 0 Å². The van der Waals surface area contributed by atoms with Gasteiger partial charge in [-0.25, -0.2) is 4.79 Å². The van der Waals surface area contributed by atoms with Gasteiger partial charge in [-0.15, -0.1) is 0 Å². The van der Waals surface area contributed by atoms with Crippen molar-refractivity contribution in [2.24, 2.45) is 17.2 Å². The fourth-order valence-corrected chi connectivity index (χ4v) is 3.03. The molecule has 0 rings (SSSR count). The zero-order valence-corrected chi connectivity index (χ0v) is 19.3. The van der Waals surface area contributed by atoms with Crippen molar-refractivity contribution in [3.63, 3.8) is 0 Å². The molecule has 34 heavy (non-hydrogen) atoms. The molecule has 0 aliphatic carbocycles. The Morgan fingerprint density at radius 3 is 1.76 bits per heavy atom. The predicted octanol–water partition coefficient (Wildman–Crippen LogP) is -3.78. The van der Waals surface area contributed by atoms with Gasteiger partial charge in [0.1, 0.15) is 18.1 Å². The number of nitrogens with one attached hydrogen (secondary N) is 3. The second-order valence-corrected chi connectivity index (χ2v) is 8.17. The van der Waals surface area contributed by atoms with Crippen LogP contribution in [0.2, 0.25) is 0 Å². The molecule has 0 bridgehead atoms. The van der Waals surface area contributed by atoms with Crippen LogP contribution in [0, 0.1) is 0 Å². The summed E-state index contributed by atoms with van der Waals surface area (Å²) in [6.07, 6.45) is -0.238. The lowest BCUT2D eigenvalue weighted by Gasteiger charge is -2.24. The van der Waals surface area contributed by atoms with Crippen LogP contribution in [-0.4, -0.2) is 87.9 Å². The van der Waals surface area contributed by atoms with Crippen molar-refractivity contribution in [1.82, 2.24) is 16.0 Å². The number of rotatable bonds is 17. The van der Waals surface area contributed by atoms with E-state index in [1.165, 1.54) is 11.8 Å². The van der Waals surface area contributed by atoms with Crippen molar-refractivity contribution < 1.29 is 43.8 Å². The van der Waals surface area contributed by atoms with Crippen LogP contribution in [0.4, 0.5) is 0 Å². The molecule has 15 nitrogen and oxygen atoms in total. The lowest BCUT2D eigenvalue weighted by Crippen LogP contribution is -2.57. The molecule has 11 N–H and O–H groups in total. The molecule has 0 saturated carbocycles. The smallest absolute Gasteiger partial charge is 0.326 e. The van der Waals surface area contributed by atoms with Crippen LogP contribution in [0.3, 0.4) is 0 Å². The highest BCUT2D eigenvalue weighted by molar-refractivity contribution is 7.98. The van der Waals surface area contributed by atoms with E-state index in [2.05, 4.69) is 10.6 Å². The number of carboxylic acid groups (broad SMARTS) is 2. The Labute approximate surface area is 198 Å². The number of carbonyl (C=O) groups excluding carboxylic acids is 5. The minimum atomic E-state index is -1.78. The number of primary amides is 2. The Hall–Kier alpha value is -3.40. The van der Waals surface area contributed by atoms with E-state index in [1.54, 1.807) is 6.26 Å². The quantitative estimate of drug-likeness (QED) is 0.0947. The first-order valence-electron chi connectivity index (χ1n) is 9.95. The average molecular weight is 507 g/mol. The summed E-state index contributed by atoms with van der Waals surface area (Å²) in [5.41, 5.74) is 15.8. The molecular formula is C18H30N6O9S. The molecule has 0 aromatic rings. The maximum atomic E-state index is 12.7. The van der Waals surface area contributed by atoms with Gasteiger partial charge in [0, 0.05) is 6.42 Å². The first-order valence-corrected chi connectivity index (χ1v) is 11.3. The lowest BCUT2D eigenvalue weighted by atomic mass is 10.1. The number of carbonyl (C=O) groups is 7. The van der Waals surface area contributed by atoms with Crippen LogP contribution >= 0.6 is 11.8 Å². The summed E-state index contributed by atoms with van der Waals surface area (Å²) < 4.78 is 0. The average Bonchev–Trinajstić information content (AvgIpc) is 2.72. The van der Waals surface area contributed by atoms with E-state index >= 15 is 0 Å². The molecule has 0 spiro atoms. The Kier molecular flexibility index (Phi) is 13.9. The number of carboxylic acids is 2. The zero-order valence-electron chi connectivity index (χ0n) is 18.4. The summed E-state index contributed by atoms with van der Waals surface area (Å²) in [6.45, 7) is 0. The highest BCUT2D eigenvalue weighted by atomic mass is 32.2. The molecule has 0 radical (unpaired) electrons. The normalized spacial score (nSPS) is 14.1. The largest absolute Gasteiger partial charge is 0.481 e. The Balaban J connectivity index is 5.56. The van der Waals surface area contributed by atoms with Gasteiger partial charge in [-0.05, 0) is 24.9 Å². The predicted molar refractivity (Wildman–Crippen MR) is 119 cm³/mol. The van der Waals surface area contributed by atoms with Crippen molar-refractivity contribution in [3.05, 3.63) is 0 Å². The van der Waals surface area contributed by atoms with Crippen LogP contribution < -0.4 is 33.2 Å². The van der Waals surface area contributed by atoms with E-state index in [9.17, 15) is 33.6 Å². The standard InChI is InChI=1S/C18H30N6O9S/c1-34-5-4-8(19)15(29)22-9(2-3-12(20)25)16(30)23-10(7-14(27)28)17(31)24-11(18(32)33)6-13(21)26/h8-11H,2-7,19H2,1H3,(H2,20,25)(H2,21,26)(H,22,29)(H,23,30)(H,24,31)(H,27,28)(H,32,33). The van der Waals surface area contributed by atoms with Crippen molar-refractivity contribution in [3.8, 4) is 0 Å². The fraction of sp³-hybridized carbons (Fsp3) is 0.611. The Bertz CT molecular complexity index is 794. The van der Waals surface area contributed by atoms with Gasteiger partial charge in [-0.3, -0.25) is 28.8 Å². The third kappa shape index (κ3) is 12.6. The first-order chi connectivity index (χ1) is 15.8. The van der Waals surface area contributed by atoms with Crippen LogP contribution in [-0.2, 0) is 33.6 Å². The van der Waals surface area contributed by atoms with E-state index in [-0.39, 0.29) is 19.3 Å².